The Morgan fingerprint density at radius 3 is 2.55 bits per heavy atom. The standard InChI is InChI=1S/C14H18F3N3O2/c15-14(16,17)12(21)10-19-6-1-7-20(9-8-19)13(22)11-2-4-18-5-3-11/h2-5,12,21H,1,6-10H2/t12-/m0/s1. The van der Waals surface area contributed by atoms with E-state index in [0.29, 0.717) is 38.2 Å². The Balaban J connectivity index is 1.91. The van der Waals surface area contributed by atoms with Crippen molar-refractivity contribution in [1.29, 1.82) is 0 Å². The Kier molecular flexibility index (Phi) is 5.36. The zero-order valence-corrected chi connectivity index (χ0v) is 12.0. The van der Waals surface area contributed by atoms with Crippen LogP contribution in [0, 0.1) is 0 Å². The highest BCUT2D eigenvalue weighted by atomic mass is 19.4. The van der Waals surface area contributed by atoms with Gasteiger partial charge in [-0.2, -0.15) is 13.2 Å². The van der Waals surface area contributed by atoms with E-state index >= 15 is 0 Å². The second-order valence-electron chi connectivity index (χ2n) is 5.24. The average Bonchev–Trinajstić information content (AvgIpc) is 2.72. The summed E-state index contributed by atoms with van der Waals surface area (Å²) in [5.41, 5.74) is 0.513. The van der Waals surface area contributed by atoms with Crippen LogP contribution in [0.15, 0.2) is 24.5 Å². The number of alkyl halides is 3. The minimum atomic E-state index is -4.61. The van der Waals surface area contributed by atoms with Crippen molar-refractivity contribution >= 4 is 5.91 Å². The van der Waals surface area contributed by atoms with Gasteiger partial charge < -0.3 is 10.0 Å². The summed E-state index contributed by atoms with van der Waals surface area (Å²) in [5, 5.41) is 9.13. The number of hydrogen-bond donors (Lipinski definition) is 1. The number of pyridine rings is 1. The molecule has 8 heteroatoms. The van der Waals surface area contributed by atoms with Crippen LogP contribution in [0.25, 0.3) is 0 Å². The van der Waals surface area contributed by atoms with Crippen molar-refractivity contribution in [3.63, 3.8) is 0 Å². The third kappa shape index (κ3) is 4.41. The van der Waals surface area contributed by atoms with E-state index in [1.807, 2.05) is 0 Å². The number of β-amino-alcohol motifs (C(OH)–C–C–N with tert-alkyl or cyclic N) is 1. The quantitative estimate of drug-likeness (QED) is 0.909. The Hall–Kier alpha value is -1.67. The van der Waals surface area contributed by atoms with Crippen molar-refractivity contribution in [3.05, 3.63) is 30.1 Å². The average molecular weight is 317 g/mol. The van der Waals surface area contributed by atoms with Crippen molar-refractivity contribution < 1.29 is 23.1 Å². The van der Waals surface area contributed by atoms with Crippen molar-refractivity contribution in [3.8, 4) is 0 Å². The Morgan fingerprint density at radius 1 is 1.23 bits per heavy atom. The van der Waals surface area contributed by atoms with Gasteiger partial charge in [0.25, 0.3) is 5.91 Å². The molecule has 1 fully saturated rings. The number of carbonyl (C=O) groups is 1. The lowest BCUT2D eigenvalue weighted by molar-refractivity contribution is -0.208. The molecule has 0 aromatic carbocycles. The molecule has 2 heterocycles. The van der Waals surface area contributed by atoms with E-state index in [9.17, 15) is 18.0 Å². The van der Waals surface area contributed by atoms with E-state index in [-0.39, 0.29) is 5.91 Å². The zero-order valence-electron chi connectivity index (χ0n) is 12.0. The normalized spacial score (nSPS) is 18.8. The molecule has 1 aromatic heterocycles. The van der Waals surface area contributed by atoms with Gasteiger partial charge in [0.1, 0.15) is 0 Å². The first kappa shape index (κ1) is 16.7. The molecule has 1 aliphatic heterocycles. The van der Waals surface area contributed by atoms with Gasteiger partial charge in [0, 0.05) is 50.7 Å². The maximum absolute atomic E-state index is 12.4. The highest BCUT2D eigenvalue weighted by molar-refractivity contribution is 5.94. The SMILES string of the molecule is O=C(c1ccncc1)N1CCCN(C[C@H](O)C(F)(F)F)CC1. The number of carbonyl (C=O) groups excluding carboxylic acids is 1. The predicted octanol–water partition coefficient (Wildman–Crippen LogP) is 1.15. The van der Waals surface area contributed by atoms with E-state index < -0.39 is 18.8 Å². The fourth-order valence-corrected chi connectivity index (χ4v) is 2.38. The molecule has 1 aromatic rings. The van der Waals surface area contributed by atoms with Crippen LogP contribution in [0.1, 0.15) is 16.8 Å². The monoisotopic (exact) mass is 317 g/mol. The molecule has 0 spiro atoms. The molecule has 1 amide bonds. The minimum Gasteiger partial charge on any atom is -0.382 e. The number of aliphatic hydroxyl groups is 1. The van der Waals surface area contributed by atoms with E-state index in [1.54, 1.807) is 17.0 Å². The molecule has 0 bridgehead atoms. The molecule has 1 N–H and O–H groups in total. The molecule has 5 nitrogen and oxygen atoms in total. The van der Waals surface area contributed by atoms with E-state index in [4.69, 9.17) is 5.11 Å². The highest BCUT2D eigenvalue weighted by Gasteiger charge is 2.39. The summed E-state index contributed by atoms with van der Waals surface area (Å²) in [4.78, 5) is 19.3. The second-order valence-corrected chi connectivity index (χ2v) is 5.24. The van der Waals surface area contributed by atoms with Crippen LogP contribution < -0.4 is 0 Å². The second kappa shape index (κ2) is 7.06. The van der Waals surface area contributed by atoms with Crippen molar-refractivity contribution in [2.75, 3.05) is 32.7 Å². The van der Waals surface area contributed by atoms with Crippen LogP contribution in [0.5, 0.6) is 0 Å². The first-order valence-electron chi connectivity index (χ1n) is 7.04. The lowest BCUT2D eigenvalue weighted by Gasteiger charge is -2.25. The Bertz CT molecular complexity index is 496. The van der Waals surface area contributed by atoms with Gasteiger partial charge in [-0.15, -0.1) is 0 Å². The summed E-state index contributed by atoms with van der Waals surface area (Å²) in [6.45, 7) is 1.10. The van der Waals surface area contributed by atoms with Gasteiger partial charge >= 0.3 is 6.18 Å². The summed E-state index contributed by atoms with van der Waals surface area (Å²) >= 11 is 0. The first-order valence-corrected chi connectivity index (χ1v) is 7.04. The lowest BCUT2D eigenvalue weighted by Crippen LogP contribution is -2.42. The maximum atomic E-state index is 12.4. The van der Waals surface area contributed by atoms with Crippen molar-refractivity contribution in [2.24, 2.45) is 0 Å². The van der Waals surface area contributed by atoms with E-state index in [2.05, 4.69) is 4.98 Å². The molecule has 0 radical (unpaired) electrons. The summed E-state index contributed by atoms with van der Waals surface area (Å²) in [5.74, 6) is -0.152. The summed E-state index contributed by atoms with van der Waals surface area (Å²) < 4.78 is 37.2. The Labute approximate surface area is 126 Å². The molecular formula is C14H18F3N3O2. The van der Waals surface area contributed by atoms with E-state index in [1.165, 1.54) is 17.3 Å². The number of aromatic nitrogens is 1. The third-order valence-electron chi connectivity index (χ3n) is 3.61. The molecule has 0 unspecified atom stereocenters. The highest BCUT2D eigenvalue weighted by Crippen LogP contribution is 2.21. The zero-order chi connectivity index (χ0) is 16.2. The summed E-state index contributed by atoms with van der Waals surface area (Å²) in [6, 6.07) is 3.22. The first-order chi connectivity index (χ1) is 10.4. The fourth-order valence-electron chi connectivity index (χ4n) is 2.38. The summed E-state index contributed by atoms with van der Waals surface area (Å²) in [7, 11) is 0. The molecule has 1 atom stereocenters. The summed E-state index contributed by atoms with van der Waals surface area (Å²) in [6.07, 6.45) is -3.34. The van der Waals surface area contributed by atoms with E-state index in [0.717, 1.165) is 0 Å². The van der Waals surface area contributed by atoms with Crippen LogP contribution in [-0.4, -0.2) is 70.8 Å². The maximum Gasteiger partial charge on any atom is 0.415 e. The van der Waals surface area contributed by atoms with Crippen LogP contribution in [0.4, 0.5) is 13.2 Å². The predicted molar refractivity (Wildman–Crippen MR) is 73.3 cm³/mol. The molecule has 22 heavy (non-hydrogen) atoms. The number of aliphatic hydroxyl groups excluding tert-OH is 1. The van der Waals surface area contributed by atoms with Crippen LogP contribution in [0.2, 0.25) is 0 Å². The third-order valence-corrected chi connectivity index (χ3v) is 3.61. The lowest BCUT2D eigenvalue weighted by atomic mass is 10.2. The molecule has 1 saturated heterocycles. The van der Waals surface area contributed by atoms with Gasteiger partial charge in [0.05, 0.1) is 0 Å². The van der Waals surface area contributed by atoms with Gasteiger partial charge in [0.2, 0.25) is 0 Å². The molecule has 0 saturated carbocycles. The molecular weight excluding hydrogens is 299 g/mol. The molecule has 0 aliphatic carbocycles. The molecule has 122 valence electrons. The smallest absolute Gasteiger partial charge is 0.382 e. The minimum absolute atomic E-state index is 0.152. The number of hydrogen-bond acceptors (Lipinski definition) is 4. The number of amides is 1. The fraction of sp³-hybridized carbons (Fsp3) is 0.571. The van der Waals surface area contributed by atoms with Gasteiger partial charge in [-0.1, -0.05) is 0 Å². The van der Waals surface area contributed by atoms with Gasteiger partial charge in [-0.05, 0) is 18.6 Å². The molecule has 1 aliphatic rings. The van der Waals surface area contributed by atoms with Crippen LogP contribution >= 0.6 is 0 Å². The number of halogens is 3. The van der Waals surface area contributed by atoms with Gasteiger partial charge in [-0.25, -0.2) is 0 Å². The van der Waals surface area contributed by atoms with Gasteiger partial charge in [0.15, 0.2) is 6.10 Å². The number of rotatable bonds is 3. The van der Waals surface area contributed by atoms with Crippen molar-refractivity contribution in [2.45, 2.75) is 18.7 Å². The largest absolute Gasteiger partial charge is 0.415 e. The van der Waals surface area contributed by atoms with Crippen LogP contribution in [0.3, 0.4) is 0 Å². The number of nitrogens with zero attached hydrogens (tertiary/aromatic N) is 3. The topological polar surface area (TPSA) is 56.7 Å². The van der Waals surface area contributed by atoms with Crippen molar-refractivity contribution in [1.82, 2.24) is 14.8 Å². The van der Waals surface area contributed by atoms with Crippen LogP contribution in [-0.2, 0) is 0 Å². The van der Waals surface area contributed by atoms with Gasteiger partial charge in [-0.3, -0.25) is 14.7 Å². The Morgan fingerprint density at radius 2 is 1.91 bits per heavy atom. The molecule has 2 rings (SSSR count).